The zero-order chi connectivity index (χ0) is 12.1. The largest absolute Gasteiger partial charge is 0.319 e. The average molecular weight is 224 g/mol. The average Bonchev–Trinajstić information content (AvgIpc) is 2.21. The number of amides is 1. The van der Waals surface area contributed by atoms with Crippen LogP contribution in [0.4, 0.5) is 0 Å². The Bertz CT molecular complexity index is 423. The summed E-state index contributed by atoms with van der Waals surface area (Å²) in [6.07, 6.45) is 1.54. The number of rotatable bonds is 4. The Morgan fingerprint density at radius 3 is 2.81 bits per heavy atom. The van der Waals surface area contributed by atoms with E-state index in [9.17, 15) is 9.59 Å². The first-order chi connectivity index (χ1) is 7.50. The number of carbonyl (C=O) groups is 1. The SMILES string of the molecule is CC(C)CONC(=O)c1ccn(C)c(=O)c1. The summed E-state index contributed by atoms with van der Waals surface area (Å²) < 4.78 is 1.39. The molecule has 0 aliphatic heterocycles. The molecule has 0 aliphatic rings. The fourth-order valence-corrected chi connectivity index (χ4v) is 1.02. The quantitative estimate of drug-likeness (QED) is 0.766. The monoisotopic (exact) mass is 224 g/mol. The number of nitrogens with zero attached hydrogens (tertiary/aromatic N) is 1. The fourth-order valence-electron chi connectivity index (χ4n) is 1.02. The third-order valence-electron chi connectivity index (χ3n) is 1.95. The summed E-state index contributed by atoms with van der Waals surface area (Å²) in [5.74, 6) is -0.0673. The van der Waals surface area contributed by atoms with Crippen LogP contribution in [0.1, 0.15) is 24.2 Å². The molecule has 0 saturated carbocycles. The molecule has 0 bridgehead atoms. The smallest absolute Gasteiger partial charge is 0.275 e. The van der Waals surface area contributed by atoms with E-state index in [1.165, 1.54) is 10.6 Å². The summed E-state index contributed by atoms with van der Waals surface area (Å²) >= 11 is 0. The van der Waals surface area contributed by atoms with Crippen LogP contribution in [0.5, 0.6) is 0 Å². The van der Waals surface area contributed by atoms with Crippen molar-refractivity contribution in [1.29, 1.82) is 0 Å². The van der Waals surface area contributed by atoms with Crippen LogP contribution >= 0.6 is 0 Å². The molecule has 5 nitrogen and oxygen atoms in total. The summed E-state index contributed by atoms with van der Waals surface area (Å²) in [5, 5.41) is 0. The summed E-state index contributed by atoms with van der Waals surface area (Å²) in [6.45, 7) is 4.39. The summed E-state index contributed by atoms with van der Waals surface area (Å²) in [7, 11) is 1.62. The van der Waals surface area contributed by atoms with Crippen molar-refractivity contribution in [3.05, 3.63) is 34.2 Å². The molecule has 1 amide bonds. The van der Waals surface area contributed by atoms with Gasteiger partial charge in [0.25, 0.3) is 11.5 Å². The standard InChI is InChI=1S/C11H16N2O3/c1-8(2)7-16-12-11(15)9-4-5-13(3)10(14)6-9/h4-6,8H,7H2,1-3H3,(H,12,15). The van der Waals surface area contributed by atoms with Gasteiger partial charge in [0.1, 0.15) is 0 Å². The van der Waals surface area contributed by atoms with E-state index in [4.69, 9.17) is 4.84 Å². The van der Waals surface area contributed by atoms with Gasteiger partial charge < -0.3 is 4.57 Å². The highest BCUT2D eigenvalue weighted by atomic mass is 16.6. The maximum Gasteiger partial charge on any atom is 0.275 e. The number of nitrogens with one attached hydrogen (secondary N) is 1. The summed E-state index contributed by atoms with van der Waals surface area (Å²) in [5.41, 5.74) is 2.36. The van der Waals surface area contributed by atoms with Crippen molar-refractivity contribution >= 4 is 5.91 Å². The Hall–Kier alpha value is -1.62. The highest BCUT2D eigenvalue weighted by Gasteiger charge is 2.06. The molecular formula is C11H16N2O3. The lowest BCUT2D eigenvalue weighted by Gasteiger charge is -2.07. The van der Waals surface area contributed by atoms with Crippen molar-refractivity contribution < 1.29 is 9.63 Å². The Morgan fingerprint density at radius 2 is 2.25 bits per heavy atom. The minimum atomic E-state index is -0.404. The molecule has 1 aromatic heterocycles. The normalized spacial score (nSPS) is 10.5. The van der Waals surface area contributed by atoms with Crippen LogP contribution in [0, 0.1) is 5.92 Å². The topological polar surface area (TPSA) is 60.3 Å². The van der Waals surface area contributed by atoms with Gasteiger partial charge in [0.2, 0.25) is 0 Å². The minimum absolute atomic E-state index is 0.225. The second-order valence-electron chi connectivity index (χ2n) is 4.00. The third kappa shape index (κ3) is 3.51. The Balaban J connectivity index is 2.60. The molecule has 0 aromatic carbocycles. The predicted octanol–water partition coefficient (Wildman–Crippen LogP) is 0.703. The first-order valence-corrected chi connectivity index (χ1v) is 5.09. The molecule has 0 spiro atoms. The minimum Gasteiger partial charge on any atom is -0.319 e. The van der Waals surface area contributed by atoms with Crippen molar-refractivity contribution in [2.75, 3.05) is 6.61 Å². The molecule has 0 unspecified atom stereocenters. The van der Waals surface area contributed by atoms with Gasteiger partial charge in [-0.05, 0) is 12.0 Å². The van der Waals surface area contributed by atoms with Crippen molar-refractivity contribution in [3.8, 4) is 0 Å². The third-order valence-corrected chi connectivity index (χ3v) is 1.95. The molecule has 0 saturated heterocycles. The van der Waals surface area contributed by atoms with Crippen molar-refractivity contribution in [2.24, 2.45) is 13.0 Å². The van der Waals surface area contributed by atoms with E-state index in [0.717, 1.165) is 0 Å². The zero-order valence-electron chi connectivity index (χ0n) is 9.69. The van der Waals surface area contributed by atoms with Crippen LogP contribution in [0.2, 0.25) is 0 Å². The first-order valence-electron chi connectivity index (χ1n) is 5.09. The van der Waals surface area contributed by atoms with Crippen LogP contribution in [0.25, 0.3) is 0 Å². The van der Waals surface area contributed by atoms with E-state index in [1.807, 2.05) is 13.8 Å². The van der Waals surface area contributed by atoms with E-state index in [0.29, 0.717) is 18.1 Å². The van der Waals surface area contributed by atoms with E-state index in [-0.39, 0.29) is 5.56 Å². The molecule has 0 aliphatic carbocycles. The van der Waals surface area contributed by atoms with Crippen molar-refractivity contribution in [2.45, 2.75) is 13.8 Å². The number of carbonyl (C=O) groups excluding carboxylic acids is 1. The molecule has 16 heavy (non-hydrogen) atoms. The van der Waals surface area contributed by atoms with Crippen LogP contribution in [0.15, 0.2) is 23.1 Å². The molecular weight excluding hydrogens is 208 g/mol. The van der Waals surface area contributed by atoms with Gasteiger partial charge in [-0.3, -0.25) is 14.4 Å². The van der Waals surface area contributed by atoms with E-state index in [1.54, 1.807) is 19.3 Å². The molecule has 1 heterocycles. The Morgan fingerprint density at radius 1 is 1.56 bits per heavy atom. The lowest BCUT2D eigenvalue weighted by molar-refractivity contribution is 0.0208. The molecule has 1 aromatic rings. The zero-order valence-corrected chi connectivity index (χ0v) is 9.69. The van der Waals surface area contributed by atoms with Crippen LogP contribution in [0.3, 0.4) is 0 Å². The summed E-state index contributed by atoms with van der Waals surface area (Å²) in [4.78, 5) is 27.7. The molecule has 0 fully saturated rings. The highest BCUT2D eigenvalue weighted by Crippen LogP contribution is 1.95. The number of hydrogen-bond donors (Lipinski definition) is 1. The number of hydroxylamine groups is 1. The molecule has 1 N–H and O–H groups in total. The number of aryl methyl sites for hydroxylation is 1. The van der Waals surface area contributed by atoms with E-state index >= 15 is 0 Å². The van der Waals surface area contributed by atoms with E-state index in [2.05, 4.69) is 5.48 Å². The second kappa shape index (κ2) is 5.46. The van der Waals surface area contributed by atoms with Crippen molar-refractivity contribution in [1.82, 2.24) is 10.0 Å². The first kappa shape index (κ1) is 12.4. The van der Waals surface area contributed by atoms with Gasteiger partial charge in [0, 0.05) is 24.9 Å². The lowest BCUT2D eigenvalue weighted by Crippen LogP contribution is -2.27. The highest BCUT2D eigenvalue weighted by molar-refractivity contribution is 5.93. The number of hydrogen-bond acceptors (Lipinski definition) is 3. The van der Waals surface area contributed by atoms with Crippen LogP contribution in [-0.4, -0.2) is 17.1 Å². The predicted molar refractivity (Wildman–Crippen MR) is 59.9 cm³/mol. The maximum absolute atomic E-state index is 11.5. The fraction of sp³-hybridized carbons (Fsp3) is 0.455. The van der Waals surface area contributed by atoms with Gasteiger partial charge in [-0.2, -0.15) is 0 Å². The van der Waals surface area contributed by atoms with Gasteiger partial charge in [0.15, 0.2) is 0 Å². The molecule has 0 radical (unpaired) electrons. The van der Waals surface area contributed by atoms with Gasteiger partial charge >= 0.3 is 0 Å². The van der Waals surface area contributed by atoms with Gasteiger partial charge in [0.05, 0.1) is 6.61 Å². The number of pyridine rings is 1. The van der Waals surface area contributed by atoms with Crippen molar-refractivity contribution in [3.63, 3.8) is 0 Å². The van der Waals surface area contributed by atoms with Gasteiger partial charge in [-0.15, -0.1) is 0 Å². The molecule has 0 atom stereocenters. The number of aromatic nitrogens is 1. The van der Waals surface area contributed by atoms with Gasteiger partial charge in [-0.1, -0.05) is 13.8 Å². The Kier molecular flexibility index (Phi) is 4.25. The lowest BCUT2D eigenvalue weighted by atomic mass is 10.2. The molecule has 1 rings (SSSR count). The molecule has 5 heteroatoms. The van der Waals surface area contributed by atoms with E-state index < -0.39 is 5.91 Å². The Labute approximate surface area is 94.0 Å². The van der Waals surface area contributed by atoms with Gasteiger partial charge in [-0.25, -0.2) is 5.48 Å². The van der Waals surface area contributed by atoms with Crippen LogP contribution < -0.4 is 11.0 Å². The molecule has 88 valence electrons. The van der Waals surface area contributed by atoms with Crippen LogP contribution in [-0.2, 0) is 11.9 Å². The summed E-state index contributed by atoms with van der Waals surface area (Å²) in [6, 6.07) is 2.84. The second-order valence-corrected chi connectivity index (χ2v) is 4.00. The maximum atomic E-state index is 11.5.